The van der Waals surface area contributed by atoms with Gasteiger partial charge in [-0.25, -0.2) is 4.68 Å². The molecular weight excluding hydrogens is 258 g/mol. The lowest BCUT2D eigenvalue weighted by atomic mass is 9.99. The number of aryl methyl sites for hydroxylation is 2. The maximum Gasteiger partial charge on any atom is 0.0727 e. The van der Waals surface area contributed by atoms with E-state index in [4.69, 9.17) is 5.73 Å². The zero-order valence-electron chi connectivity index (χ0n) is 12.3. The number of hydrogen-bond donors (Lipinski definition) is 1. The number of rotatable bonds is 3. The molecule has 1 atom stereocenters. The summed E-state index contributed by atoms with van der Waals surface area (Å²) in [4.78, 5) is 0. The summed E-state index contributed by atoms with van der Waals surface area (Å²) in [5, 5.41) is 4.41. The topological polar surface area (TPSA) is 43.8 Å². The van der Waals surface area contributed by atoms with Gasteiger partial charge in [-0.2, -0.15) is 5.10 Å². The zero-order valence-corrected chi connectivity index (χ0v) is 12.3. The molecule has 3 aromatic rings. The van der Waals surface area contributed by atoms with Gasteiger partial charge in [0.15, 0.2) is 0 Å². The van der Waals surface area contributed by atoms with Crippen molar-refractivity contribution in [1.82, 2.24) is 9.78 Å². The van der Waals surface area contributed by atoms with E-state index in [1.807, 2.05) is 41.1 Å². The fourth-order valence-corrected chi connectivity index (χ4v) is 2.46. The van der Waals surface area contributed by atoms with E-state index in [9.17, 15) is 0 Å². The molecule has 21 heavy (non-hydrogen) atoms. The summed E-state index contributed by atoms with van der Waals surface area (Å²) in [6.07, 6.45) is 1.79. The van der Waals surface area contributed by atoms with Crippen molar-refractivity contribution in [1.29, 1.82) is 0 Å². The van der Waals surface area contributed by atoms with Crippen molar-refractivity contribution < 1.29 is 0 Å². The number of aromatic nitrogens is 2. The minimum Gasteiger partial charge on any atom is -0.319 e. The summed E-state index contributed by atoms with van der Waals surface area (Å²) in [7, 11) is 0. The number of nitrogens with two attached hydrogens (primary N) is 1. The fraction of sp³-hybridized carbons (Fsp3) is 0.167. The van der Waals surface area contributed by atoms with E-state index >= 15 is 0 Å². The molecule has 0 saturated carbocycles. The molecule has 1 aromatic heterocycles. The van der Waals surface area contributed by atoms with Crippen molar-refractivity contribution in [2.24, 2.45) is 5.73 Å². The first kappa shape index (κ1) is 13.6. The molecule has 2 N–H and O–H groups in total. The molecule has 106 valence electrons. The highest BCUT2D eigenvalue weighted by Gasteiger charge is 2.15. The Labute approximate surface area is 125 Å². The summed E-state index contributed by atoms with van der Waals surface area (Å²) in [6, 6.07) is 18.2. The summed E-state index contributed by atoms with van der Waals surface area (Å²) in [5.41, 5.74) is 12.1. The van der Waals surface area contributed by atoms with Crippen LogP contribution in [0.1, 0.15) is 28.4 Å². The van der Waals surface area contributed by atoms with Crippen molar-refractivity contribution in [3.05, 3.63) is 83.2 Å². The predicted octanol–water partition coefficient (Wildman–Crippen LogP) is 3.54. The Kier molecular flexibility index (Phi) is 3.59. The van der Waals surface area contributed by atoms with Crippen LogP contribution in [0.4, 0.5) is 0 Å². The lowest BCUT2D eigenvalue weighted by molar-refractivity contribution is 0.738. The molecular formula is C18H19N3. The Bertz CT molecular complexity index is 744. The van der Waals surface area contributed by atoms with Crippen LogP contribution in [0.5, 0.6) is 0 Å². The highest BCUT2D eigenvalue weighted by Crippen LogP contribution is 2.23. The van der Waals surface area contributed by atoms with E-state index in [0.717, 1.165) is 16.9 Å². The molecule has 3 nitrogen and oxygen atoms in total. The van der Waals surface area contributed by atoms with Crippen molar-refractivity contribution >= 4 is 0 Å². The minimum atomic E-state index is -0.188. The second kappa shape index (κ2) is 5.54. The van der Waals surface area contributed by atoms with E-state index < -0.39 is 0 Å². The van der Waals surface area contributed by atoms with Crippen LogP contribution in [-0.4, -0.2) is 9.78 Å². The average molecular weight is 277 g/mol. The molecule has 1 heterocycles. The van der Waals surface area contributed by atoms with E-state index in [0.29, 0.717) is 0 Å². The van der Waals surface area contributed by atoms with Gasteiger partial charge >= 0.3 is 0 Å². The molecule has 2 aromatic carbocycles. The van der Waals surface area contributed by atoms with Gasteiger partial charge in [0.2, 0.25) is 0 Å². The van der Waals surface area contributed by atoms with Crippen molar-refractivity contribution in [2.45, 2.75) is 19.9 Å². The lowest BCUT2D eigenvalue weighted by Gasteiger charge is -2.16. The smallest absolute Gasteiger partial charge is 0.0727 e. The summed E-state index contributed by atoms with van der Waals surface area (Å²) >= 11 is 0. The fourth-order valence-electron chi connectivity index (χ4n) is 2.46. The van der Waals surface area contributed by atoms with Crippen LogP contribution in [0.3, 0.4) is 0 Å². The van der Waals surface area contributed by atoms with Gasteiger partial charge in [-0.15, -0.1) is 0 Å². The van der Waals surface area contributed by atoms with Crippen LogP contribution in [0, 0.1) is 13.8 Å². The van der Waals surface area contributed by atoms with Gasteiger partial charge in [-0.05, 0) is 48.7 Å². The van der Waals surface area contributed by atoms with Crippen molar-refractivity contribution in [3.63, 3.8) is 0 Å². The van der Waals surface area contributed by atoms with Crippen LogP contribution in [-0.2, 0) is 0 Å². The molecule has 0 aliphatic heterocycles. The highest BCUT2D eigenvalue weighted by molar-refractivity contribution is 5.38. The average Bonchev–Trinajstić information content (AvgIpc) is 2.99. The van der Waals surface area contributed by atoms with Gasteiger partial charge < -0.3 is 5.73 Å². The van der Waals surface area contributed by atoms with Gasteiger partial charge in [0.1, 0.15) is 0 Å². The first-order chi connectivity index (χ1) is 10.2. The molecule has 3 rings (SSSR count). The Morgan fingerprint density at radius 2 is 1.71 bits per heavy atom. The van der Waals surface area contributed by atoms with Gasteiger partial charge in [-0.1, -0.05) is 36.4 Å². The van der Waals surface area contributed by atoms with E-state index in [-0.39, 0.29) is 6.04 Å². The standard InChI is InChI=1S/C18H19N3/c1-13-8-9-15(12-14(13)2)18(19)17-10-11-20-21(17)16-6-4-3-5-7-16/h3-12,18H,19H2,1-2H3. The van der Waals surface area contributed by atoms with Gasteiger partial charge in [-0.3, -0.25) is 0 Å². The maximum absolute atomic E-state index is 6.46. The second-order valence-electron chi connectivity index (χ2n) is 5.32. The molecule has 0 bridgehead atoms. The third kappa shape index (κ3) is 2.60. The first-order valence-electron chi connectivity index (χ1n) is 7.09. The molecule has 0 radical (unpaired) electrons. The minimum absolute atomic E-state index is 0.188. The molecule has 0 aliphatic rings. The number of para-hydroxylation sites is 1. The van der Waals surface area contributed by atoms with Crippen LogP contribution in [0.25, 0.3) is 5.69 Å². The zero-order chi connectivity index (χ0) is 14.8. The van der Waals surface area contributed by atoms with Crippen LogP contribution in [0.2, 0.25) is 0 Å². The largest absolute Gasteiger partial charge is 0.319 e. The van der Waals surface area contributed by atoms with E-state index in [2.05, 4.69) is 37.1 Å². The van der Waals surface area contributed by atoms with Gasteiger partial charge in [0.05, 0.1) is 17.4 Å². The van der Waals surface area contributed by atoms with Gasteiger partial charge in [0, 0.05) is 6.20 Å². The third-order valence-corrected chi connectivity index (χ3v) is 3.88. The third-order valence-electron chi connectivity index (χ3n) is 3.88. The number of benzene rings is 2. The Balaban J connectivity index is 2.01. The highest BCUT2D eigenvalue weighted by atomic mass is 15.3. The molecule has 0 spiro atoms. The molecule has 0 fully saturated rings. The van der Waals surface area contributed by atoms with E-state index in [1.165, 1.54) is 11.1 Å². The van der Waals surface area contributed by atoms with Gasteiger partial charge in [0.25, 0.3) is 0 Å². The molecule has 0 amide bonds. The first-order valence-corrected chi connectivity index (χ1v) is 7.09. The SMILES string of the molecule is Cc1ccc(C(N)c2ccnn2-c2ccccc2)cc1C. The number of hydrogen-bond acceptors (Lipinski definition) is 2. The van der Waals surface area contributed by atoms with E-state index in [1.54, 1.807) is 6.20 Å². The maximum atomic E-state index is 6.46. The summed E-state index contributed by atoms with van der Waals surface area (Å²) in [5.74, 6) is 0. The van der Waals surface area contributed by atoms with Crippen molar-refractivity contribution in [2.75, 3.05) is 0 Å². The molecule has 1 unspecified atom stereocenters. The molecule has 0 aliphatic carbocycles. The summed E-state index contributed by atoms with van der Waals surface area (Å²) in [6.45, 7) is 4.22. The predicted molar refractivity (Wildman–Crippen MR) is 85.5 cm³/mol. The Hall–Kier alpha value is -2.39. The summed E-state index contributed by atoms with van der Waals surface area (Å²) < 4.78 is 1.90. The Morgan fingerprint density at radius 1 is 0.952 bits per heavy atom. The molecule has 0 saturated heterocycles. The molecule has 3 heteroatoms. The Morgan fingerprint density at radius 3 is 2.43 bits per heavy atom. The monoisotopic (exact) mass is 277 g/mol. The second-order valence-corrected chi connectivity index (χ2v) is 5.32. The number of nitrogens with zero attached hydrogens (tertiary/aromatic N) is 2. The lowest BCUT2D eigenvalue weighted by Crippen LogP contribution is -2.17. The van der Waals surface area contributed by atoms with Crippen LogP contribution < -0.4 is 5.73 Å². The van der Waals surface area contributed by atoms with Crippen LogP contribution >= 0.6 is 0 Å². The normalized spacial score (nSPS) is 12.3. The van der Waals surface area contributed by atoms with Crippen molar-refractivity contribution in [3.8, 4) is 5.69 Å². The quantitative estimate of drug-likeness (QED) is 0.795. The van der Waals surface area contributed by atoms with Crippen LogP contribution in [0.15, 0.2) is 60.8 Å².